The summed E-state index contributed by atoms with van der Waals surface area (Å²) in [7, 11) is 1.24. The summed E-state index contributed by atoms with van der Waals surface area (Å²) in [4.78, 5) is 53.4. The summed E-state index contributed by atoms with van der Waals surface area (Å²) in [6.45, 7) is 2.01. The monoisotopic (exact) mass is 502 g/mol. The Kier molecular flexibility index (Phi) is 11.4. The molecular formula is C25H36N5O6+. The average molecular weight is 503 g/mol. The third-order valence-electron chi connectivity index (χ3n) is 5.69. The third kappa shape index (κ3) is 9.77. The number of Topliss-reactive ketones (excluding diaryl/α,β-unsaturated/α-hetero) is 1. The number of ether oxygens (including phenoxy) is 2. The number of rotatable bonds is 6. The lowest BCUT2D eigenvalue weighted by atomic mass is 9.90. The Hall–Kier alpha value is -3.89. The molecule has 0 aliphatic carbocycles. The van der Waals surface area contributed by atoms with E-state index in [-0.39, 0.29) is 43.5 Å². The van der Waals surface area contributed by atoms with Crippen LogP contribution in [0.5, 0.6) is 5.75 Å². The number of fused-ring (bicyclic) bond motifs is 13. The number of methoxy groups -OCH3 is 1. The molecule has 2 aliphatic rings. The maximum atomic E-state index is 13.3. The zero-order valence-corrected chi connectivity index (χ0v) is 20.8. The van der Waals surface area contributed by atoms with Crippen molar-refractivity contribution in [1.82, 2.24) is 10.6 Å². The Morgan fingerprint density at radius 2 is 1.89 bits per heavy atom. The fourth-order valence-corrected chi connectivity index (χ4v) is 3.83. The standard InChI is InChI=1S/C25H35N5O6/c1-16(31)29-21-14-17-8-10-19(11-9-17)36-13-4-3-7-20(24(34)35-2)30-23(33)18(15-22(21)32)6-5-12-28-25(26)27/h3-4,8-11,18,20-21H,5-7,12-15H2,1-2H3,(H,29,31)(H,30,33)(H4,26,27,28)/p+1/b4-3-/t18-,20+,21-/m0/s1. The lowest BCUT2D eigenvalue weighted by Crippen LogP contribution is -2.78. The molecule has 1 aromatic rings. The number of nitrogens with one attached hydrogen (secondary N) is 3. The summed E-state index contributed by atoms with van der Waals surface area (Å²) in [6.07, 6.45) is 4.64. The van der Waals surface area contributed by atoms with Gasteiger partial charge in [0.15, 0.2) is 5.78 Å². The highest BCUT2D eigenvalue weighted by molar-refractivity contribution is 5.93. The van der Waals surface area contributed by atoms with E-state index in [1.807, 2.05) is 12.1 Å². The Balaban J connectivity index is 2.34. The van der Waals surface area contributed by atoms with E-state index in [4.69, 9.17) is 20.9 Å². The Bertz CT molecular complexity index is 972. The molecule has 3 rings (SSSR count). The minimum Gasteiger partial charge on any atom is -0.490 e. The van der Waals surface area contributed by atoms with E-state index in [2.05, 4.69) is 15.6 Å². The van der Waals surface area contributed by atoms with Crippen LogP contribution >= 0.6 is 0 Å². The molecule has 0 unspecified atom stereocenters. The maximum absolute atomic E-state index is 13.3. The Morgan fingerprint density at radius 3 is 2.53 bits per heavy atom. The number of amides is 2. The predicted octanol–water partition coefficient (Wildman–Crippen LogP) is -1.56. The maximum Gasteiger partial charge on any atom is 0.338 e. The first-order valence-electron chi connectivity index (χ1n) is 11.9. The number of guanidine groups is 1. The zero-order valence-electron chi connectivity index (χ0n) is 20.8. The first-order valence-corrected chi connectivity index (χ1v) is 11.9. The third-order valence-corrected chi connectivity index (χ3v) is 5.69. The molecule has 196 valence electrons. The van der Waals surface area contributed by atoms with Gasteiger partial charge in [0.1, 0.15) is 18.4 Å². The fraction of sp³-hybridized carbons (Fsp3) is 0.480. The summed E-state index contributed by atoms with van der Waals surface area (Å²) < 4.78 is 10.5. The topological polar surface area (TPSA) is 177 Å². The summed E-state index contributed by atoms with van der Waals surface area (Å²) in [5.41, 5.74) is 11.7. The minimum absolute atomic E-state index is 0.0581. The summed E-state index contributed by atoms with van der Waals surface area (Å²) in [6, 6.07) is 5.49. The van der Waals surface area contributed by atoms with Gasteiger partial charge in [-0.3, -0.25) is 30.8 Å². The first kappa shape index (κ1) is 28.3. The van der Waals surface area contributed by atoms with E-state index in [0.717, 1.165) is 5.56 Å². The number of nitrogens with two attached hydrogens (primary N) is 2. The van der Waals surface area contributed by atoms with Gasteiger partial charge < -0.3 is 20.1 Å². The molecule has 2 amide bonds. The molecule has 36 heavy (non-hydrogen) atoms. The van der Waals surface area contributed by atoms with E-state index < -0.39 is 29.9 Å². The van der Waals surface area contributed by atoms with Crippen molar-refractivity contribution in [3.63, 3.8) is 0 Å². The minimum atomic E-state index is -0.928. The van der Waals surface area contributed by atoms with Crippen molar-refractivity contribution in [3.05, 3.63) is 42.0 Å². The molecule has 0 spiro atoms. The van der Waals surface area contributed by atoms with Crippen LogP contribution in [0.25, 0.3) is 0 Å². The van der Waals surface area contributed by atoms with Crippen molar-refractivity contribution in [2.24, 2.45) is 17.4 Å². The van der Waals surface area contributed by atoms with E-state index >= 15 is 0 Å². The number of hydrogen-bond donors (Lipinski definition) is 5. The predicted molar refractivity (Wildman–Crippen MR) is 133 cm³/mol. The van der Waals surface area contributed by atoms with Gasteiger partial charge in [-0.05, 0) is 43.4 Å². The van der Waals surface area contributed by atoms with Gasteiger partial charge in [-0.25, -0.2) is 4.79 Å². The molecule has 0 radical (unpaired) electrons. The van der Waals surface area contributed by atoms with Crippen LogP contribution in [0.4, 0.5) is 0 Å². The van der Waals surface area contributed by atoms with Crippen LogP contribution in [0.15, 0.2) is 36.4 Å². The van der Waals surface area contributed by atoms with Gasteiger partial charge in [-0.1, -0.05) is 24.3 Å². The highest BCUT2D eigenvalue weighted by atomic mass is 16.5. The van der Waals surface area contributed by atoms with E-state index in [0.29, 0.717) is 25.1 Å². The molecule has 7 N–H and O–H groups in total. The zero-order chi connectivity index (χ0) is 26.5. The molecule has 0 saturated heterocycles. The molecule has 3 atom stereocenters. The van der Waals surface area contributed by atoms with Crippen LogP contribution < -0.4 is 31.8 Å². The van der Waals surface area contributed by atoms with Gasteiger partial charge in [0.05, 0.1) is 19.7 Å². The number of ketones is 1. The van der Waals surface area contributed by atoms with Gasteiger partial charge in [-0.2, -0.15) is 0 Å². The first-order chi connectivity index (χ1) is 17.2. The van der Waals surface area contributed by atoms with Crippen LogP contribution in [-0.4, -0.2) is 61.9 Å². The number of benzene rings is 1. The lowest BCUT2D eigenvalue weighted by Gasteiger charge is -2.23. The van der Waals surface area contributed by atoms with Crippen molar-refractivity contribution in [2.45, 2.75) is 51.1 Å². The van der Waals surface area contributed by atoms with Crippen LogP contribution in [0.3, 0.4) is 0 Å². The smallest absolute Gasteiger partial charge is 0.338 e. The molecule has 0 saturated carbocycles. The molecule has 2 aliphatic heterocycles. The second-order valence-electron chi connectivity index (χ2n) is 8.60. The summed E-state index contributed by atoms with van der Waals surface area (Å²) in [5.74, 6) is -1.75. The van der Waals surface area contributed by atoms with Crippen LogP contribution in [0, 0.1) is 5.92 Å². The highest BCUT2D eigenvalue weighted by Gasteiger charge is 2.30. The molecule has 0 fully saturated rings. The van der Waals surface area contributed by atoms with E-state index in [9.17, 15) is 19.2 Å². The van der Waals surface area contributed by atoms with Crippen molar-refractivity contribution in [2.75, 3.05) is 20.3 Å². The number of hydrogen-bond acceptors (Lipinski definition) is 6. The van der Waals surface area contributed by atoms with Gasteiger partial charge in [0.25, 0.3) is 0 Å². The second-order valence-corrected chi connectivity index (χ2v) is 8.60. The Labute approximate surface area is 210 Å². The van der Waals surface area contributed by atoms with Gasteiger partial charge in [0.2, 0.25) is 11.8 Å². The van der Waals surface area contributed by atoms with E-state index in [1.54, 1.807) is 24.3 Å². The Morgan fingerprint density at radius 1 is 1.17 bits per heavy atom. The lowest BCUT2D eigenvalue weighted by molar-refractivity contribution is -0.459. The van der Waals surface area contributed by atoms with Crippen molar-refractivity contribution in [3.8, 4) is 5.75 Å². The van der Waals surface area contributed by atoms with Gasteiger partial charge >= 0.3 is 11.9 Å². The van der Waals surface area contributed by atoms with Crippen molar-refractivity contribution in [1.29, 1.82) is 0 Å². The van der Waals surface area contributed by atoms with Crippen molar-refractivity contribution >= 4 is 29.5 Å². The number of carbonyl (C=O) groups excluding carboxylic acids is 4. The fourth-order valence-electron chi connectivity index (χ4n) is 3.83. The second kappa shape index (κ2) is 14.5. The highest BCUT2D eigenvalue weighted by Crippen LogP contribution is 2.18. The molecule has 2 heterocycles. The van der Waals surface area contributed by atoms with Crippen LogP contribution in [-0.2, 0) is 30.3 Å². The largest absolute Gasteiger partial charge is 0.490 e. The molecule has 0 aromatic heterocycles. The van der Waals surface area contributed by atoms with Gasteiger partial charge in [-0.15, -0.1) is 0 Å². The summed E-state index contributed by atoms with van der Waals surface area (Å²) >= 11 is 0. The quantitative estimate of drug-likeness (QED) is 0.102. The normalized spacial score (nSPS) is 21.9. The van der Waals surface area contributed by atoms with Crippen LogP contribution in [0.1, 0.15) is 38.2 Å². The molecule has 11 nitrogen and oxygen atoms in total. The SMILES string of the molecule is COC(=O)[C@H]1C/C=C\COc2ccc(cc2)C[C@H](NC(C)=O)C(=O)C[C@H](CCC[NH+]=C(N)N)C(=O)N1. The molecular weight excluding hydrogens is 466 g/mol. The average Bonchev–Trinajstić information content (AvgIpc) is 2.84. The summed E-state index contributed by atoms with van der Waals surface area (Å²) in [5, 5.41) is 5.41. The molecule has 1 aromatic carbocycles. The molecule has 2 bridgehead atoms. The number of carbonyl (C=O) groups is 4. The van der Waals surface area contributed by atoms with Crippen molar-refractivity contribution < 1.29 is 33.6 Å². The van der Waals surface area contributed by atoms with Gasteiger partial charge in [0, 0.05) is 19.3 Å². The number of esters is 1. The van der Waals surface area contributed by atoms with E-state index in [1.165, 1.54) is 14.0 Å². The molecule has 11 heteroatoms. The van der Waals surface area contributed by atoms with Crippen LogP contribution in [0.2, 0.25) is 0 Å².